The summed E-state index contributed by atoms with van der Waals surface area (Å²) in [4.78, 5) is 0. The lowest BCUT2D eigenvalue weighted by atomic mass is 9.86. The molecule has 1 saturated carbocycles. The zero-order chi connectivity index (χ0) is 12.8. The quantitative estimate of drug-likeness (QED) is 0.837. The van der Waals surface area contributed by atoms with Crippen LogP contribution in [0.15, 0.2) is 24.3 Å². The minimum atomic E-state index is 0.211. The van der Waals surface area contributed by atoms with Crippen molar-refractivity contribution in [2.75, 3.05) is 0 Å². The fraction of sp³-hybridized carbons (Fsp3) is 0.625. The van der Waals surface area contributed by atoms with E-state index >= 15 is 0 Å². The normalized spacial score (nSPS) is 33.6. The summed E-state index contributed by atoms with van der Waals surface area (Å²) in [6.07, 6.45) is 5.04. The lowest BCUT2D eigenvalue weighted by Crippen LogP contribution is -2.39. The van der Waals surface area contributed by atoms with Gasteiger partial charge in [0.15, 0.2) is 0 Å². The molecule has 2 heteroatoms. The van der Waals surface area contributed by atoms with Crippen LogP contribution in [0.3, 0.4) is 0 Å². The molecule has 2 nitrogen and oxygen atoms in total. The van der Waals surface area contributed by atoms with Crippen molar-refractivity contribution >= 4 is 0 Å². The molecule has 0 amide bonds. The first-order chi connectivity index (χ1) is 8.58. The first-order valence-electron chi connectivity index (χ1n) is 7.18. The predicted molar refractivity (Wildman–Crippen MR) is 75.3 cm³/mol. The summed E-state index contributed by atoms with van der Waals surface area (Å²) in [6, 6.07) is 9.96. The molecule has 0 bridgehead atoms. The van der Waals surface area contributed by atoms with E-state index in [4.69, 9.17) is 5.73 Å². The summed E-state index contributed by atoms with van der Waals surface area (Å²) in [6.45, 7) is 4.77. The largest absolute Gasteiger partial charge is 0.324 e. The minimum Gasteiger partial charge on any atom is -0.324 e. The molecule has 3 rings (SSSR count). The molecule has 3 N–H and O–H groups in total. The highest BCUT2D eigenvalue weighted by Gasteiger charge is 2.38. The van der Waals surface area contributed by atoms with E-state index < -0.39 is 0 Å². The number of hydrogen-bond donors (Lipinski definition) is 2. The predicted octanol–water partition coefficient (Wildman–Crippen LogP) is 3.30. The Kier molecular flexibility index (Phi) is 2.95. The fourth-order valence-electron chi connectivity index (χ4n) is 3.71. The lowest BCUT2D eigenvalue weighted by molar-refractivity contribution is 0.259. The molecule has 3 atom stereocenters. The van der Waals surface area contributed by atoms with Crippen molar-refractivity contribution in [1.29, 1.82) is 0 Å². The summed E-state index contributed by atoms with van der Waals surface area (Å²) >= 11 is 0. The lowest BCUT2D eigenvalue weighted by Gasteiger charge is -2.31. The van der Waals surface area contributed by atoms with Gasteiger partial charge in [0.2, 0.25) is 0 Å². The zero-order valence-electron chi connectivity index (χ0n) is 11.4. The van der Waals surface area contributed by atoms with E-state index in [1.54, 1.807) is 0 Å². The van der Waals surface area contributed by atoms with E-state index in [1.165, 1.54) is 30.4 Å². The van der Waals surface area contributed by atoms with E-state index in [9.17, 15) is 0 Å². The third-order valence-electron chi connectivity index (χ3n) is 4.92. The van der Waals surface area contributed by atoms with Crippen LogP contribution in [-0.2, 0) is 0 Å². The molecule has 3 unspecified atom stereocenters. The highest BCUT2D eigenvalue weighted by Crippen LogP contribution is 2.42. The topological polar surface area (TPSA) is 38.0 Å². The van der Waals surface area contributed by atoms with E-state index in [0.29, 0.717) is 17.5 Å². The van der Waals surface area contributed by atoms with Crippen molar-refractivity contribution in [3.8, 4) is 0 Å². The Labute approximate surface area is 110 Å². The molecule has 1 aromatic rings. The van der Waals surface area contributed by atoms with Crippen molar-refractivity contribution < 1.29 is 0 Å². The maximum absolute atomic E-state index is 6.24. The second-order valence-electron chi connectivity index (χ2n) is 6.62. The minimum absolute atomic E-state index is 0.211. The Hall–Kier alpha value is -0.860. The molecule has 1 aromatic carbocycles. The molecule has 18 heavy (non-hydrogen) atoms. The van der Waals surface area contributed by atoms with Gasteiger partial charge in [-0.25, -0.2) is 0 Å². The van der Waals surface area contributed by atoms with Gasteiger partial charge in [-0.3, -0.25) is 0 Å². The molecule has 0 saturated heterocycles. The van der Waals surface area contributed by atoms with Crippen molar-refractivity contribution in [2.24, 2.45) is 11.1 Å². The molecule has 0 aliphatic heterocycles. The van der Waals surface area contributed by atoms with Crippen LogP contribution >= 0.6 is 0 Å². The van der Waals surface area contributed by atoms with E-state index in [-0.39, 0.29) is 6.04 Å². The van der Waals surface area contributed by atoms with Crippen molar-refractivity contribution in [2.45, 2.75) is 57.7 Å². The maximum atomic E-state index is 6.24. The average Bonchev–Trinajstić information content (AvgIpc) is 2.83. The van der Waals surface area contributed by atoms with Crippen LogP contribution in [0.5, 0.6) is 0 Å². The molecule has 0 heterocycles. The number of hydrogen-bond acceptors (Lipinski definition) is 2. The van der Waals surface area contributed by atoms with Crippen LogP contribution in [0, 0.1) is 5.41 Å². The second kappa shape index (κ2) is 4.36. The van der Waals surface area contributed by atoms with Gasteiger partial charge in [-0.2, -0.15) is 0 Å². The number of nitrogens with one attached hydrogen (secondary N) is 1. The van der Waals surface area contributed by atoms with Gasteiger partial charge in [0.1, 0.15) is 0 Å². The summed E-state index contributed by atoms with van der Waals surface area (Å²) in [7, 11) is 0. The Morgan fingerprint density at radius 2 is 1.94 bits per heavy atom. The smallest absolute Gasteiger partial charge is 0.0344 e. The third-order valence-corrected chi connectivity index (χ3v) is 4.92. The Morgan fingerprint density at radius 3 is 2.61 bits per heavy atom. The first-order valence-corrected chi connectivity index (χ1v) is 7.18. The molecular formula is C16H24N2. The summed E-state index contributed by atoms with van der Waals surface area (Å²) in [5.41, 5.74) is 9.43. The van der Waals surface area contributed by atoms with Gasteiger partial charge in [-0.1, -0.05) is 44.5 Å². The van der Waals surface area contributed by atoms with E-state index in [2.05, 4.69) is 43.4 Å². The molecule has 0 radical (unpaired) electrons. The molecule has 1 fully saturated rings. The molecule has 98 valence electrons. The first kappa shape index (κ1) is 12.2. The number of rotatable bonds is 2. The molecule has 2 aliphatic carbocycles. The highest BCUT2D eigenvalue weighted by atomic mass is 15.0. The van der Waals surface area contributed by atoms with Gasteiger partial charge in [0, 0.05) is 18.1 Å². The molecular weight excluding hydrogens is 220 g/mol. The standard InChI is InChI=1S/C16H24N2/c1-16(2)9-5-8-15(16)18-14-10-13(17)11-6-3-4-7-12(11)14/h3-4,6-7,13-15,18H,5,8-10,17H2,1-2H3. The summed E-state index contributed by atoms with van der Waals surface area (Å²) in [5, 5.41) is 3.87. The van der Waals surface area contributed by atoms with Crippen LogP contribution in [0.25, 0.3) is 0 Å². The van der Waals surface area contributed by atoms with Crippen LogP contribution < -0.4 is 11.1 Å². The Morgan fingerprint density at radius 1 is 1.22 bits per heavy atom. The monoisotopic (exact) mass is 244 g/mol. The van der Waals surface area contributed by atoms with Gasteiger partial charge in [-0.05, 0) is 35.8 Å². The molecule has 0 aromatic heterocycles. The van der Waals surface area contributed by atoms with Gasteiger partial charge in [0.05, 0.1) is 0 Å². The highest BCUT2D eigenvalue weighted by molar-refractivity contribution is 5.37. The van der Waals surface area contributed by atoms with E-state index in [0.717, 1.165) is 6.42 Å². The fourth-order valence-corrected chi connectivity index (χ4v) is 3.71. The SMILES string of the molecule is CC1(C)CCCC1NC1CC(N)c2ccccc21. The Balaban J connectivity index is 1.79. The zero-order valence-corrected chi connectivity index (χ0v) is 11.4. The van der Waals surface area contributed by atoms with Gasteiger partial charge < -0.3 is 11.1 Å². The van der Waals surface area contributed by atoms with Gasteiger partial charge in [0.25, 0.3) is 0 Å². The van der Waals surface area contributed by atoms with Gasteiger partial charge >= 0.3 is 0 Å². The number of fused-ring (bicyclic) bond motifs is 1. The summed E-state index contributed by atoms with van der Waals surface area (Å²) < 4.78 is 0. The molecule has 2 aliphatic rings. The maximum Gasteiger partial charge on any atom is 0.0344 e. The van der Waals surface area contributed by atoms with Crippen LogP contribution in [0.2, 0.25) is 0 Å². The second-order valence-corrected chi connectivity index (χ2v) is 6.62. The van der Waals surface area contributed by atoms with Crippen LogP contribution in [0.1, 0.15) is 62.7 Å². The van der Waals surface area contributed by atoms with Crippen molar-refractivity contribution in [3.63, 3.8) is 0 Å². The number of benzene rings is 1. The van der Waals surface area contributed by atoms with Crippen molar-refractivity contribution in [3.05, 3.63) is 35.4 Å². The van der Waals surface area contributed by atoms with Crippen LogP contribution in [0.4, 0.5) is 0 Å². The third kappa shape index (κ3) is 1.98. The number of nitrogens with two attached hydrogens (primary N) is 1. The van der Waals surface area contributed by atoms with Crippen LogP contribution in [-0.4, -0.2) is 6.04 Å². The van der Waals surface area contributed by atoms with E-state index in [1.807, 2.05) is 0 Å². The Bertz CT molecular complexity index is 438. The summed E-state index contributed by atoms with van der Waals surface area (Å²) in [5.74, 6) is 0. The van der Waals surface area contributed by atoms with Gasteiger partial charge in [-0.15, -0.1) is 0 Å². The molecule has 0 spiro atoms. The average molecular weight is 244 g/mol. The van der Waals surface area contributed by atoms with Crippen molar-refractivity contribution in [1.82, 2.24) is 5.32 Å².